The second kappa shape index (κ2) is 7.14. The maximum Gasteiger partial charge on any atom is 0.243 e. The molecule has 2 N–H and O–H groups in total. The van der Waals surface area contributed by atoms with Crippen molar-refractivity contribution in [1.82, 2.24) is 0 Å². The molecule has 2 aromatic rings. The summed E-state index contributed by atoms with van der Waals surface area (Å²) in [4.78, 5) is 12.0. The molecule has 0 saturated heterocycles. The third-order valence-corrected chi connectivity index (χ3v) is 3.79. The lowest BCUT2D eigenvalue weighted by Gasteiger charge is -2.12. The van der Waals surface area contributed by atoms with Crippen molar-refractivity contribution in [3.63, 3.8) is 0 Å². The molecule has 0 bridgehead atoms. The third kappa shape index (κ3) is 3.99. The Bertz CT molecular complexity index is 640. The predicted octanol–water partition coefficient (Wildman–Crippen LogP) is 4.26. The molecule has 2 aromatic carbocycles. The van der Waals surface area contributed by atoms with Crippen LogP contribution in [0.15, 0.2) is 42.5 Å². The molecule has 110 valence electrons. The first-order valence-corrected chi connectivity index (χ1v) is 7.36. The minimum atomic E-state index is -0.0738. The number of carbonyl (C=O) groups is 1. The van der Waals surface area contributed by atoms with Gasteiger partial charge in [-0.2, -0.15) is 0 Å². The first-order valence-electron chi connectivity index (χ1n) is 6.98. The molecule has 0 saturated carbocycles. The molecule has 21 heavy (non-hydrogen) atoms. The summed E-state index contributed by atoms with van der Waals surface area (Å²) in [6.45, 7) is 4.20. The molecule has 2 rings (SSSR count). The molecule has 0 fully saturated rings. The zero-order valence-electron chi connectivity index (χ0n) is 12.2. The van der Waals surface area contributed by atoms with Crippen molar-refractivity contribution in [2.75, 3.05) is 17.2 Å². The Morgan fingerprint density at radius 2 is 1.81 bits per heavy atom. The molecule has 0 aliphatic heterocycles. The van der Waals surface area contributed by atoms with Crippen molar-refractivity contribution in [2.45, 2.75) is 20.3 Å². The van der Waals surface area contributed by atoms with Crippen molar-refractivity contribution < 1.29 is 4.79 Å². The van der Waals surface area contributed by atoms with Gasteiger partial charge in [0, 0.05) is 16.4 Å². The molecule has 0 aliphatic carbocycles. The smallest absolute Gasteiger partial charge is 0.243 e. The van der Waals surface area contributed by atoms with Gasteiger partial charge in [-0.1, -0.05) is 42.8 Å². The molecule has 0 radical (unpaired) electrons. The second-order valence-corrected chi connectivity index (χ2v) is 5.23. The summed E-state index contributed by atoms with van der Waals surface area (Å²) in [5.74, 6) is -0.0738. The van der Waals surface area contributed by atoms with Crippen LogP contribution >= 0.6 is 11.6 Å². The molecular weight excluding hydrogens is 284 g/mol. The molecule has 0 unspecified atom stereocenters. The van der Waals surface area contributed by atoms with E-state index in [1.807, 2.05) is 49.4 Å². The van der Waals surface area contributed by atoms with Gasteiger partial charge >= 0.3 is 0 Å². The molecule has 0 atom stereocenters. The summed E-state index contributed by atoms with van der Waals surface area (Å²) in [6.07, 6.45) is 0.886. The molecule has 0 spiro atoms. The Morgan fingerprint density at radius 1 is 1.10 bits per heavy atom. The highest BCUT2D eigenvalue weighted by Crippen LogP contribution is 2.22. The zero-order valence-corrected chi connectivity index (χ0v) is 13.0. The van der Waals surface area contributed by atoms with E-state index in [2.05, 4.69) is 17.6 Å². The number of hydrogen-bond acceptors (Lipinski definition) is 2. The Labute approximate surface area is 130 Å². The zero-order chi connectivity index (χ0) is 15.2. The van der Waals surface area contributed by atoms with Crippen molar-refractivity contribution in [3.8, 4) is 0 Å². The number of hydrogen-bond donors (Lipinski definition) is 2. The average Bonchev–Trinajstić information content (AvgIpc) is 2.49. The van der Waals surface area contributed by atoms with Crippen molar-refractivity contribution in [2.24, 2.45) is 0 Å². The van der Waals surface area contributed by atoms with Crippen LogP contribution in [-0.2, 0) is 11.2 Å². The summed E-state index contributed by atoms with van der Waals surface area (Å²) in [6, 6.07) is 13.4. The molecule has 4 heteroatoms. The van der Waals surface area contributed by atoms with E-state index in [1.165, 1.54) is 0 Å². The topological polar surface area (TPSA) is 41.1 Å². The van der Waals surface area contributed by atoms with Gasteiger partial charge in [0.05, 0.1) is 6.54 Å². The van der Waals surface area contributed by atoms with Crippen LogP contribution in [0.25, 0.3) is 0 Å². The lowest BCUT2D eigenvalue weighted by atomic mass is 10.1. The largest absolute Gasteiger partial charge is 0.376 e. The van der Waals surface area contributed by atoms with Gasteiger partial charge in [0.1, 0.15) is 0 Å². The van der Waals surface area contributed by atoms with E-state index in [0.717, 1.165) is 28.9 Å². The molecule has 1 amide bonds. The predicted molar refractivity (Wildman–Crippen MR) is 89.1 cm³/mol. The molecule has 3 nitrogen and oxygen atoms in total. The van der Waals surface area contributed by atoms with Crippen LogP contribution in [0.5, 0.6) is 0 Å². The minimum absolute atomic E-state index is 0.0738. The summed E-state index contributed by atoms with van der Waals surface area (Å²) in [7, 11) is 0. The lowest BCUT2D eigenvalue weighted by molar-refractivity contribution is -0.114. The van der Waals surface area contributed by atoms with Gasteiger partial charge in [0.2, 0.25) is 5.91 Å². The van der Waals surface area contributed by atoms with Gasteiger partial charge in [0.25, 0.3) is 0 Å². The Morgan fingerprint density at radius 3 is 2.57 bits per heavy atom. The third-order valence-electron chi connectivity index (χ3n) is 3.38. The highest BCUT2D eigenvalue weighted by molar-refractivity contribution is 6.31. The Balaban J connectivity index is 1.98. The van der Waals surface area contributed by atoms with Crippen molar-refractivity contribution in [3.05, 3.63) is 58.6 Å². The number of anilines is 2. The van der Waals surface area contributed by atoms with E-state index in [1.54, 1.807) is 0 Å². The van der Waals surface area contributed by atoms with Crippen LogP contribution in [0, 0.1) is 6.92 Å². The van der Waals surface area contributed by atoms with Crippen LogP contribution in [0.4, 0.5) is 11.4 Å². The Kier molecular flexibility index (Phi) is 5.23. The van der Waals surface area contributed by atoms with Gasteiger partial charge in [-0.3, -0.25) is 4.79 Å². The quantitative estimate of drug-likeness (QED) is 0.866. The van der Waals surface area contributed by atoms with Gasteiger partial charge in [0.15, 0.2) is 0 Å². The van der Waals surface area contributed by atoms with Crippen LogP contribution in [0.3, 0.4) is 0 Å². The standard InChI is InChI=1S/C17H19ClN2O/c1-3-13-7-4-5-9-16(13)20-17(21)11-19-15-10-6-8-14(18)12(15)2/h4-10,19H,3,11H2,1-2H3,(H,20,21). The van der Waals surface area contributed by atoms with Crippen LogP contribution in [0.1, 0.15) is 18.1 Å². The molecular formula is C17H19ClN2O. The maximum atomic E-state index is 12.0. The van der Waals surface area contributed by atoms with Crippen LogP contribution < -0.4 is 10.6 Å². The van der Waals surface area contributed by atoms with Crippen LogP contribution in [0.2, 0.25) is 5.02 Å². The lowest BCUT2D eigenvalue weighted by Crippen LogP contribution is -2.22. The number of para-hydroxylation sites is 1. The monoisotopic (exact) mass is 302 g/mol. The summed E-state index contributed by atoms with van der Waals surface area (Å²) in [5.41, 5.74) is 3.82. The molecule has 0 aliphatic rings. The van der Waals surface area contributed by atoms with E-state index < -0.39 is 0 Å². The van der Waals surface area contributed by atoms with Gasteiger partial charge in [-0.25, -0.2) is 0 Å². The number of aryl methyl sites for hydroxylation is 1. The van der Waals surface area contributed by atoms with Crippen molar-refractivity contribution >= 4 is 28.9 Å². The van der Waals surface area contributed by atoms with Crippen molar-refractivity contribution in [1.29, 1.82) is 0 Å². The number of benzene rings is 2. The minimum Gasteiger partial charge on any atom is -0.376 e. The van der Waals surface area contributed by atoms with Gasteiger partial charge in [-0.15, -0.1) is 0 Å². The van der Waals surface area contributed by atoms with E-state index in [9.17, 15) is 4.79 Å². The molecule has 0 heterocycles. The maximum absolute atomic E-state index is 12.0. The highest BCUT2D eigenvalue weighted by atomic mass is 35.5. The Hall–Kier alpha value is -2.00. The first-order chi connectivity index (χ1) is 10.1. The number of rotatable bonds is 5. The van der Waals surface area contributed by atoms with E-state index in [4.69, 9.17) is 11.6 Å². The van der Waals surface area contributed by atoms with Crippen LogP contribution in [-0.4, -0.2) is 12.5 Å². The summed E-state index contributed by atoms with van der Waals surface area (Å²) in [5, 5.41) is 6.74. The number of carbonyl (C=O) groups excluding carboxylic acids is 1. The number of halogens is 1. The fraction of sp³-hybridized carbons (Fsp3) is 0.235. The van der Waals surface area contributed by atoms with E-state index in [0.29, 0.717) is 5.02 Å². The van der Waals surface area contributed by atoms with Gasteiger partial charge in [-0.05, 0) is 42.7 Å². The average molecular weight is 303 g/mol. The number of nitrogens with one attached hydrogen (secondary N) is 2. The normalized spacial score (nSPS) is 10.2. The first kappa shape index (κ1) is 15.4. The fourth-order valence-electron chi connectivity index (χ4n) is 2.12. The summed E-state index contributed by atoms with van der Waals surface area (Å²) < 4.78 is 0. The number of amides is 1. The highest BCUT2D eigenvalue weighted by Gasteiger charge is 2.07. The van der Waals surface area contributed by atoms with E-state index in [-0.39, 0.29) is 12.5 Å². The summed E-state index contributed by atoms with van der Waals surface area (Å²) >= 11 is 6.06. The molecule has 0 aromatic heterocycles. The van der Waals surface area contributed by atoms with Gasteiger partial charge < -0.3 is 10.6 Å². The second-order valence-electron chi connectivity index (χ2n) is 4.82. The van der Waals surface area contributed by atoms with E-state index >= 15 is 0 Å². The SMILES string of the molecule is CCc1ccccc1NC(=O)CNc1cccc(Cl)c1C. The fourth-order valence-corrected chi connectivity index (χ4v) is 2.29.